The van der Waals surface area contributed by atoms with E-state index in [-0.39, 0.29) is 25.7 Å². The molecule has 0 aliphatic rings. The molecule has 0 aliphatic heterocycles. The lowest BCUT2D eigenvalue weighted by molar-refractivity contribution is -0.161. The Balaban J connectivity index is 5.25. The normalized spacial score (nSPS) is 14.5. The fourth-order valence-corrected chi connectivity index (χ4v) is 12.4. The van der Waals surface area contributed by atoms with Crippen LogP contribution in [0.2, 0.25) is 0 Å². The van der Waals surface area contributed by atoms with Crippen LogP contribution in [0.3, 0.4) is 0 Å². The molecule has 19 heteroatoms. The molecule has 0 heterocycles. The second-order valence-electron chi connectivity index (χ2n) is 26.2. The van der Waals surface area contributed by atoms with E-state index in [1.165, 1.54) is 161 Å². The van der Waals surface area contributed by atoms with E-state index < -0.39 is 97.5 Å². The molecule has 0 aromatic heterocycles. The lowest BCUT2D eigenvalue weighted by Crippen LogP contribution is -2.30. The van der Waals surface area contributed by atoms with Crippen molar-refractivity contribution in [2.45, 2.75) is 380 Å². The fourth-order valence-electron chi connectivity index (χ4n) is 10.8. The maximum Gasteiger partial charge on any atom is 0.472 e. The van der Waals surface area contributed by atoms with Gasteiger partial charge in [0.15, 0.2) is 12.2 Å². The quantitative estimate of drug-likeness (QED) is 0.0169. The van der Waals surface area contributed by atoms with Crippen LogP contribution in [0.4, 0.5) is 0 Å². The predicted molar refractivity (Wildman–Crippen MR) is 377 cm³/mol. The number of hydrogen-bond acceptors (Lipinski definition) is 15. The molecular weight excluding hydrogens is 1220 g/mol. The molecule has 0 aromatic rings. The first-order chi connectivity index (χ1) is 45.1. The number of allylic oxidation sites excluding steroid dienone is 4. The Kier molecular flexibility index (Phi) is 65.0. The highest BCUT2D eigenvalue weighted by molar-refractivity contribution is 7.47. The van der Waals surface area contributed by atoms with Gasteiger partial charge in [0.25, 0.3) is 0 Å². The number of unbranched alkanes of at least 4 members (excludes halogenated alkanes) is 40. The zero-order chi connectivity index (χ0) is 68.4. The van der Waals surface area contributed by atoms with E-state index in [1.807, 2.05) is 0 Å². The first-order valence-electron chi connectivity index (χ1n) is 38.0. The molecule has 0 amide bonds. The number of esters is 4. The standard InChI is InChI=1S/C74H140O17P2/c1-6-10-13-16-19-22-24-26-28-29-30-32-34-36-38-44-49-54-59-73(78)90-70(64-85-72(77)58-53-48-43-37-35-33-31-27-25-23-20-17-14-11-7-2)66-89-93(82,83)87-62-68(75)61-86-92(80,81)88-65-69(63-84-71(76)57-52-47-42-21-18-15-12-8-3)91-74(79)60-55-50-45-40-39-41-46-51-56-67(5)9-4/h23,25,27,31,67-70,75H,6-22,24,26,28-30,32-66H2,1-5H3,(H,80,81)(H,82,83)/b25-23-,31-27-/t67?,68-,69+,70+/m0/s1. The van der Waals surface area contributed by atoms with Crippen molar-refractivity contribution in [2.75, 3.05) is 39.6 Å². The Hall–Kier alpha value is -2.46. The van der Waals surface area contributed by atoms with E-state index in [9.17, 15) is 43.2 Å². The van der Waals surface area contributed by atoms with Gasteiger partial charge in [-0.3, -0.25) is 37.3 Å². The topological polar surface area (TPSA) is 237 Å². The monoisotopic (exact) mass is 1360 g/mol. The van der Waals surface area contributed by atoms with Crippen molar-refractivity contribution >= 4 is 39.5 Å². The van der Waals surface area contributed by atoms with Gasteiger partial charge in [-0.05, 0) is 57.3 Å². The molecule has 0 fully saturated rings. The number of ether oxygens (including phenoxy) is 4. The van der Waals surface area contributed by atoms with Gasteiger partial charge in [-0.25, -0.2) is 9.13 Å². The smallest absolute Gasteiger partial charge is 0.462 e. The molecule has 0 saturated heterocycles. The van der Waals surface area contributed by atoms with Crippen LogP contribution in [0, 0.1) is 5.92 Å². The highest BCUT2D eigenvalue weighted by atomic mass is 31.2. The molecule has 0 spiro atoms. The third kappa shape index (κ3) is 66.6. The van der Waals surface area contributed by atoms with E-state index in [1.54, 1.807) is 0 Å². The van der Waals surface area contributed by atoms with Gasteiger partial charge in [-0.15, -0.1) is 0 Å². The molecule has 548 valence electrons. The number of carbonyl (C=O) groups is 4. The summed E-state index contributed by atoms with van der Waals surface area (Å²) in [7, 11) is -9.91. The molecule has 0 rings (SSSR count). The maximum atomic E-state index is 13.1. The highest BCUT2D eigenvalue weighted by Gasteiger charge is 2.30. The fraction of sp³-hybridized carbons (Fsp3) is 0.892. The van der Waals surface area contributed by atoms with Crippen LogP contribution in [0.5, 0.6) is 0 Å². The van der Waals surface area contributed by atoms with Crippen molar-refractivity contribution in [1.82, 2.24) is 0 Å². The van der Waals surface area contributed by atoms with Crippen LogP contribution in [-0.2, 0) is 65.4 Å². The molecule has 3 unspecified atom stereocenters. The summed E-state index contributed by atoms with van der Waals surface area (Å²) in [6.07, 6.45) is 57.7. The second-order valence-corrected chi connectivity index (χ2v) is 29.1. The number of phosphoric acid groups is 2. The molecule has 93 heavy (non-hydrogen) atoms. The van der Waals surface area contributed by atoms with Crippen molar-refractivity contribution in [1.29, 1.82) is 0 Å². The van der Waals surface area contributed by atoms with Crippen LogP contribution in [0.15, 0.2) is 24.3 Å². The second kappa shape index (κ2) is 66.8. The van der Waals surface area contributed by atoms with Crippen molar-refractivity contribution < 1.29 is 80.2 Å². The summed E-state index contributed by atoms with van der Waals surface area (Å²) >= 11 is 0. The molecule has 6 atom stereocenters. The van der Waals surface area contributed by atoms with Gasteiger partial charge in [0.1, 0.15) is 19.3 Å². The van der Waals surface area contributed by atoms with Crippen LogP contribution in [-0.4, -0.2) is 96.7 Å². The van der Waals surface area contributed by atoms with Gasteiger partial charge in [0, 0.05) is 25.7 Å². The zero-order valence-corrected chi connectivity index (χ0v) is 61.7. The highest BCUT2D eigenvalue weighted by Crippen LogP contribution is 2.45. The minimum absolute atomic E-state index is 0.102. The Morgan fingerprint density at radius 3 is 0.914 bits per heavy atom. The molecule has 0 saturated carbocycles. The molecule has 0 bridgehead atoms. The molecule has 17 nitrogen and oxygen atoms in total. The summed E-state index contributed by atoms with van der Waals surface area (Å²) in [5, 5.41) is 10.6. The number of rotatable bonds is 72. The largest absolute Gasteiger partial charge is 0.472 e. The predicted octanol–water partition coefficient (Wildman–Crippen LogP) is 21.2. The maximum absolute atomic E-state index is 13.1. The van der Waals surface area contributed by atoms with Gasteiger partial charge < -0.3 is 33.8 Å². The van der Waals surface area contributed by atoms with Gasteiger partial charge in [0.05, 0.1) is 26.4 Å². The average Bonchev–Trinajstić information content (AvgIpc) is 2.25. The van der Waals surface area contributed by atoms with E-state index in [4.69, 9.17) is 37.0 Å². The van der Waals surface area contributed by atoms with Crippen molar-refractivity contribution in [2.24, 2.45) is 5.92 Å². The van der Waals surface area contributed by atoms with Crippen LogP contribution in [0.1, 0.15) is 362 Å². The van der Waals surface area contributed by atoms with E-state index in [0.717, 1.165) is 121 Å². The molecule has 0 aromatic carbocycles. The lowest BCUT2D eigenvalue weighted by Gasteiger charge is -2.21. The third-order valence-corrected chi connectivity index (χ3v) is 18.9. The molecule has 3 N–H and O–H groups in total. The van der Waals surface area contributed by atoms with Crippen LogP contribution >= 0.6 is 15.6 Å². The number of phosphoric ester groups is 2. The molecular formula is C74H140O17P2. The van der Waals surface area contributed by atoms with Crippen LogP contribution in [0.25, 0.3) is 0 Å². The zero-order valence-electron chi connectivity index (χ0n) is 59.9. The summed E-state index contributed by atoms with van der Waals surface area (Å²) in [5.41, 5.74) is 0. The van der Waals surface area contributed by atoms with Crippen molar-refractivity contribution in [3.8, 4) is 0 Å². The minimum Gasteiger partial charge on any atom is -0.462 e. The number of carbonyl (C=O) groups excluding carboxylic acids is 4. The summed E-state index contributed by atoms with van der Waals surface area (Å²) in [4.78, 5) is 72.6. The van der Waals surface area contributed by atoms with Gasteiger partial charge >= 0.3 is 39.5 Å². The summed E-state index contributed by atoms with van der Waals surface area (Å²) in [6.45, 7) is 7.18. The SMILES string of the molecule is CCCCCC/C=C\C=C/CCCCCCCC(=O)OC[C@H](COP(=O)(O)OC[C@@H](O)COP(=O)(O)OC[C@@H](COC(=O)CCCCCCCCCC)OC(=O)CCCCCCCCCCC(C)CC)OC(=O)CCCCCCCCCCCCCCCCCCCC. The lowest BCUT2D eigenvalue weighted by atomic mass is 9.99. The number of hydrogen-bond donors (Lipinski definition) is 3. The first kappa shape index (κ1) is 90.5. The number of aliphatic hydroxyl groups is 1. The van der Waals surface area contributed by atoms with Crippen molar-refractivity contribution in [3.63, 3.8) is 0 Å². The third-order valence-electron chi connectivity index (χ3n) is 17.0. The summed E-state index contributed by atoms with van der Waals surface area (Å²) < 4.78 is 68.3. The van der Waals surface area contributed by atoms with Crippen LogP contribution < -0.4 is 0 Å². The van der Waals surface area contributed by atoms with Gasteiger partial charge in [-0.1, -0.05) is 309 Å². The van der Waals surface area contributed by atoms with Gasteiger partial charge in [0.2, 0.25) is 0 Å². The average molecular weight is 1360 g/mol. The Labute approximate surface area is 567 Å². The summed E-state index contributed by atoms with van der Waals surface area (Å²) in [6, 6.07) is 0. The van der Waals surface area contributed by atoms with Gasteiger partial charge in [-0.2, -0.15) is 0 Å². The Morgan fingerprint density at radius 1 is 0.344 bits per heavy atom. The first-order valence-corrected chi connectivity index (χ1v) is 41.0. The Morgan fingerprint density at radius 2 is 0.602 bits per heavy atom. The van der Waals surface area contributed by atoms with E-state index in [2.05, 4.69) is 58.9 Å². The molecule has 0 aliphatic carbocycles. The van der Waals surface area contributed by atoms with E-state index in [0.29, 0.717) is 25.7 Å². The van der Waals surface area contributed by atoms with Crippen molar-refractivity contribution in [3.05, 3.63) is 24.3 Å². The minimum atomic E-state index is -4.96. The van der Waals surface area contributed by atoms with E-state index >= 15 is 0 Å². The number of aliphatic hydroxyl groups excluding tert-OH is 1. The summed E-state index contributed by atoms with van der Waals surface area (Å²) in [5.74, 6) is -1.38. The molecule has 0 radical (unpaired) electrons. The Bertz CT molecular complexity index is 1880.